The predicted molar refractivity (Wildman–Crippen MR) is 91.1 cm³/mol. The number of pyridine rings is 1. The van der Waals surface area contributed by atoms with Gasteiger partial charge in [-0.2, -0.15) is 0 Å². The van der Waals surface area contributed by atoms with Gasteiger partial charge in [-0.25, -0.2) is 4.98 Å². The summed E-state index contributed by atoms with van der Waals surface area (Å²) in [6, 6.07) is 11.6. The maximum Gasteiger partial charge on any atom is 0.137 e. The van der Waals surface area contributed by atoms with E-state index < -0.39 is 0 Å². The summed E-state index contributed by atoms with van der Waals surface area (Å²) in [5.74, 6) is 0.804. The van der Waals surface area contributed by atoms with Gasteiger partial charge in [0.2, 0.25) is 0 Å². The van der Waals surface area contributed by atoms with E-state index in [1.165, 1.54) is 0 Å². The molecule has 3 aromatic rings. The van der Waals surface area contributed by atoms with Gasteiger partial charge in [-0.3, -0.25) is 0 Å². The maximum absolute atomic E-state index is 6.42. The molecule has 1 unspecified atom stereocenters. The second-order valence-electron chi connectivity index (χ2n) is 4.97. The quantitative estimate of drug-likeness (QED) is 0.601. The predicted octanol–water partition coefficient (Wildman–Crippen LogP) is 5.35. The first kappa shape index (κ1) is 15.2. The number of alkyl halides is 1. The van der Waals surface area contributed by atoms with E-state index in [0.717, 1.165) is 28.3 Å². The van der Waals surface area contributed by atoms with Crippen molar-refractivity contribution in [1.29, 1.82) is 0 Å². The van der Waals surface area contributed by atoms with Crippen LogP contribution < -0.4 is 4.74 Å². The lowest BCUT2D eigenvalue weighted by Crippen LogP contribution is -1.98. The summed E-state index contributed by atoms with van der Waals surface area (Å²) in [6.45, 7) is 4.49. The number of benzene rings is 1. The molecule has 3 rings (SSSR count). The van der Waals surface area contributed by atoms with Crippen molar-refractivity contribution in [2.75, 3.05) is 6.61 Å². The zero-order valence-corrected chi connectivity index (χ0v) is 13.9. The molecule has 0 bridgehead atoms. The molecule has 3 nitrogen and oxygen atoms in total. The highest BCUT2D eigenvalue weighted by Crippen LogP contribution is 2.37. The lowest BCUT2D eigenvalue weighted by atomic mass is 10.1. The number of hydrogen-bond acceptors (Lipinski definition) is 2. The molecule has 0 saturated carbocycles. The first-order valence-electron chi connectivity index (χ1n) is 7.15. The summed E-state index contributed by atoms with van der Waals surface area (Å²) >= 11 is 12.5. The van der Waals surface area contributed by atoms with Gasteiger partial charge in [0.05, 0.1) is 28.4 Å². The monoisotopic (exact) mass is 334 g/mol. The molecule has 0 aliphatic heterocycles. The van der Waals surface area contributed by atoms with Gasteiger partial charge >= 0.3 is 0 Å². The van der Waals surface area contributed by atoms with Gasteiger partial charge in [-0.05, 0) is 38.1 Å². The molecular formula is C17H16Cl2N2O. The minimum absolute atomic E-state index is 0.210. The van der Waals surface area contributed by atoms with Crippen molar-refractivity contribution in [3.05, 3.63) is 53.3 Å². The van der Waals surface area contributed by atoms with Gasteiger partial charge in [0, 0.05) is 11.8 Å². The molecule has 5 heteroatoms. The van der Waals surface area contributed by atoms with E-state index in [-0.39, 0.29) is 5.38 Å². The fraction of sp³-hybridized carbons (Fsp3) is 0.235. The molecular weight excluding hydrogens is 319 g/mol. The van der Waals surface area contributed by atoms with Crippen molar-refractivity contribution in [2.24, 2.45) is 0 Å². The Bertz CT molecular complexity index is 812. The lowest BCUT2D eigenvalue weighted by Gasteiger charge is -2.11. The summed E-state index contributed by atoms with van der Waals surface area (Å²) in [5.41, 5.74) is 3.49. The van der Waals surface area contributed by atoms with Crippen LogP contribution in [0.4, 0.5) is 0 Å². The van der Waals surface area contributed by atoms with E-state index >= 15 is 0 Å². The van der Waals surface area contributed by atoms with E-state index in [0.29, 0.717) is 11.6 Å². The Kier molecular flexibility index (Phi) is 4.27. The summed E-state index contributed by atoms with van der Waals surface area (Å²) in [5, 5.41) is 0.436. The Morgan fingerprint density at radius 1 is 1.23 bits per heavy atom. The molecule has 2 aromatic heterocycles. The number of para-hydroxylation sites is 1. The Morgan fingerprint density at radius 2 is 2.00 bits per heavy atom. The molecule has 0 fully saturated rings. The highest BCUT2D eigenvalue weighted by Gasteiger charge is 2.20. The number of hydrogen-bond donors (Lipinski definition) is 0. The zero-order chi connectivity index (χ0) is 15.7. The van der Waals surface area contributed by atoms with Gasteiger partial charge < -0.3 is 9.14 Å². The Balaban J connectivity index is 2.29. The number of nitrogens with zero attached hydrogens (tertiary/aromatic N) is 2. The number of ether oxygens (including phenoxy) is 1. The standard InChI is InChI=1S/C17H16Cl2N2O/c1-3-22-14-7-5-4-6-13(14)16-17(11(2)18)21-10-12(19)8-9-15(21)20-16/h4-11H,3H2,1-2H3. The molecule has 0 aliphatic carbocycles. The number of aromatic nitrogens is 2. The SMILES string of the molecule is CCOc1ccccc1-c1nc2ccc(Cl)cn2c1C(C)Cl. The summed E-state index contributed by atoms with van der Waals surface area (Å²) in [7, 11) is 0. The highest BCUT2D eigenvalue weighted by molar-refractivity contribution is 6.30. The largest absolute Gasteiger partial charge is 0.493 e. The molecule has 1 aromatic carbocycles. The van der Waals surface area contributed by atoms with Gasteiger partial charge in [0.25, 0.3) is 0 Å². The van der Waals surface area contributed by atoms with Crippen LogP contribution in [0.15, 0.2) is 42.6 Å². The molecule has 114 valence electrons. The first-order valence-corrected chi connectivity index (χ1v) is 7.97. The third-order valence-corrected chi connectivity index (χ3v) is 3.87. The normalized spacial score (nSPS) is 12.5. The van der Waals surface area contributed by atoms with Crippen LogP contribution >= 0.6 is 23.2 Å². The van der Waals surface area contributed by atoms with Crippen molar-refractivity contribution in [1.82, 2.24) is 9.38 Å². The molecule has 1 atom stereocenters. The van der Waals surface area contributed by atoms with Crippen molar-refractivity contribution >= 4 is 28.8 Å². The van der Waals surface area contributed by atoms with Crippen LogP contribution in [0.25, 0.3) is 16.9 Å². The average molecular weight is 335 g/mol. The van der Waals surface area contributed by atoms with Gasteiger partial charge in [0.15, 0.2) is 0 Å². The van der Waals surface area contributed by atoms with E-state index in [2.05, 4.69) is 0 Å². The number of rotatable bonds is 4. The molecule has 2 heterocycles. The molecule has 0 spiro atoms. The fourth-order valence-corrected chi connectivity index (χ4v) is 2.93. The topological polar surface area (TPSA) is 26.5 Å². The van der Waals surface area contributed by atoms with Crippen molar-refractivity contribution in [3.63, 3.8) is 0 Å². The number of imidazole rings is 1. The molecule has 0 amide bonds. The van der Waals surface area contributed by atoms with Crippen LogP contribution in [0.2, 0.25) is 5.02 Å². The van der Waals surface area contributed by atoms with E-state index in [9.17, 15) is 0 Å². The molecule has 0 radical (unpaired) electrons. The third-order valence-electron chi connectivity index (χ3n) is 3.44. The van der Waals surface area contributed by atoms with E-state index in [1.54, 1.807) is 0 Å². The van der Waals surface area contributed by atoms with Crippen molar-refractivity contribution in [3.8, 4) is 17.0 Å². The minimum atomic E-state index is -0.210. The van der Waals surface area contributed by atoms with Crippen LogP contribution in [0.5, 0.6) is 5.75 Å². The Morgan fingerprint density at radius 3 is 2.73 bits per heavy atom. The van der Waals surface area contributed by atoms with Gasteiger partial charge in [-0.15, -0.1) is 11.6 Å². The fourth-order valence-electron chi connectivity index (χ4n) is 2.56. The average Bonchev–Trinajstić information content (AvgIpc) is 2.86. The molecule has 0 saturated heterocycles. The highest BCUT2D eigenvalue weighted by atomic mass is 35.5. The van der Waals surface area contributed by atoms with Gasteiger partial charge in [0.1, 0.15) is 11.4 Å². The number of fused-ring (bicyclic) bond motifs is 1. The molecule has 0 N–H and O–H groups in total. The minimum Gasteiger partial charge on any atom is -0.493 e. The van der Waals surface area contributed by atoms with E-state index in [1.807, 2.05) is 60.8 Å². The Labute approximate surface area is 139 Å². The second kappa shape index (κ2) is 6.19. The zero-order valence-electron chi connectivity index (χ0n) is 12.4. The number of halogens is 2. The summed E-state index contributed by atoms with van der Waals surface area (Å²) in [4.78, 5) is 4.73. The lowest BCUT2D eigenvalue weighted by molar-refractivity contribution is 0.341. The third kappa shape index (κ3) is 2.67. The van der Waals surface area contributed by atoms with Crippen LogP contribution in [0.1, 0.15) is 24.9 Å². The van der Waals surface area contributed by atoms with Crippen molar-refractivity contribution < 1.29 is 4.74 Å². The van der Waals surface area contributed by atoms with E-state index in [4.69, 9.17) is 32.9 Å². The van der Waals surface area contributed by atoms with Crippen LogP contribution in [0.3, 0.4) is 0 Å². The maximum atomic E-state index is 6.42. The molecule has 22 heavy (non-hydrogen) atoms. The smallest absolute Gasteiger partial charge is 0.137 e. The first-order chi connectivity index (χ1) is 10.6. The molecule has 0 aliphatic rings. The van der Waals surface area contributed by atoms with Crippen molar-refractivity contribution in [2.45, 2.75) is 19.2 Å². The van der Waals surface area contributed by atoms with Crippen LogP contribution in [-0.2, 0) is 0 Å². The Hall–Kier alpha value is -1.71. The summed E-state index contributed by atoms with van der Waals surface area (Å²) < 4.78 is 7.67. The van der Waals surface area contributed by atoms with Gasteiger partial charge in [-0.1, -0.05) is 23.7 Å². The van der Waals surface area contributed by atoms with Crippen LogP contribution in [-0.4, -0.2) is 16.0 Å². The second-order valence-corrected chi connectivity index (χ2v) is 6.06. The summed E-state index contributed by atoms with van der Waals surface area (Å²) in [6.07, 6.45) is 1.84. The van der Waals surface area contributed by atoms with Crippen LogP contribution in [0, 0.1) is 0 Å².